The molecule has 102 valence electrons. The molecule has 0 spiro atoms. The van der Waals surface area contributed by atoms with Crippen LogP contribution in [0.5, 0.6) is 0 Å². The molecule has 0 fully saturated rings. The Morgan fingerprint density at radius 2 is 1.67 bits per heavy atom. The van der Waals surface area contributed by atoms with Crippen molar-refractivity contribution in [2.75, 3.05) is 4.90 Å². The maximum atomic E-state index is 14.5. The van der Waals surface area contributed by atoms with E-state index in [1.165, 1.54) is 12.3 Å². The number of H-pyrrole nitrogens is 1. The predicted octanol–water partition coefficient (Wildman–Crippen LogP) is 2.50. The predicted molar refractivity (Wildman–Crippen MR) is 73.6 cm³/mol. The first-order valence-electron chi connectivity index (χ1n) is 6.28. The van der Waals surface area contributed by atoms with Gasteiger partial charge in [0.05, 0.1) is 33.9 Å². The van der Waals surface area contributed by atoms with Crippen molar-refractivity contribution in [1.29, 1.82) is 0 Å². The number of fused-ring (bicyclic) bond motifs is 2. The summed E-state index contributed by atoms with van der Waals surface area (Å²) in [7, 11) is 0. The standard InChI is InChI=1S/C15H8FN3O2/c16-13-10-7-17-18-11(10)5-6-12(13)19-14(20)8-3-1-2-4-9(8)15(19)21/h1-7H,(H,17,18). The zero-order valence-corrected chi connectivity index (χ0v) is 10.6. The highest BCUT2D eigenvalue weighted by Gasteiger charge is 2.37. The van der Waals surface area contributed by atoms with Gasteiger partial charge < -0.3 is 0 Å². The van der Waals surface area contributed by atoms with E-state index in [0.29, 0.717) is 5.52 Å². The smallest absolute Gasteiger partial charge is 0.266 e. The van der Waals surface area contributed by atoms with E-state index in [9.17, 15) is 14.0 Å². The molecule has 2 heterocycles. The number of nitrogens with zero attached hydrogens (tertiary/aromatic N) is 2. The third kappa shape index (κ3) is 1.47. The van der Waals surface area contributed by atoms with Gasteiger partial charge in [-0.25, -0.2) is 9.29 Å². The molecule has 0 atom stereocenters. The fourth-order valence-electron chi connectivity index (χ4n) is 2.55. The van der Waals surface area contributed by atoms with Gasteiger partial charge >= 0.3 is 0 Å². The normalized spacial score (nSPS) is 14.0. The molecular formula is C15H8FN3O2. The Morgan fingerprint density at radius 1 is 1.00 bits per heavy atom. The van der Waals surface area contributed by atoms with E-state index in [2.05, 4.69) is 10.2 Å². The van der Waals surface area contributed by atoms with Gasteiger partial charge in [-0.2, -0.15) is 5.10 Å². The number of aromatic nitrogens is 2. The van der Waals surface area contributed by atoms with Crippen LogP contribution in [0, 0.1) is 5.82 Å². The van der Waals surface area contributed by atoms with Gasteiger partial charge in [-0.15, -0.1) is 0 Å². The van der Waals surface area contributed by atoms with Gasteiger partial charge in [0.15, 0.2) is 5.82 Å². The van der Waals surface area contributed by atoms with Gasteiger partial charge in [-0.1, -0.05) is 12.1 Å². The summed E-state index contributed by atoms with van der Waals surface area (Å²) in [4.78, 5) is 25.6. The average molecular weight is 281 g/mol. The van der Waals surface area contributed by atoms with E-state index >= 15 is 0 Å². The molecule has 1 aromatic heterocycles. The van der Waals surface area contributed by atoms with Crippen molar-refractivity contribution >= 4 is 28.4 Å². The van der Waals surface area contributed by atoms with Crippen LogP contribution in [0.1, 0.15) is 20.7 Å². The Balaban J connectivity index is 1.92. The summed E-state index contributed by atoms with van der Waals surface area (Å²) in [6, 6.07) is 9.45. The first-order valence-corrected chi connectivity index (χ1v) is 6.28. The maximum Gasteiger partial charge on any atom is 0.266 e. The Labute approximate surface area is 118 Å². The van der Waals surface area contributed by atoms with Gasteiger partial charge in [-0.05, 0) is 24.3 Å². The summed E-state index contributed by atoms with van der Waals surface area (Å²) in [6.45, 7) is 0. The second-order valence-electron chi connectivity index (χ2n) is 4.72. The largest absolute Gasteiger partial charge is 0.278 e. The van der Waals surface area contributed by atoms with E-state index in [-0.39, 0.29) is 22.2 Å². The topological polar surface area (TPSA) is 66.1 Å². The Bertz CT molecular complexity index is 881. The fraction of sp³-hybridized carbons (Fsp3) is 0. The third-order valence-corrected chi connectivity index (χ3v) is 3.57. The highest BCUT2D eigenvalue weighted by atomic mass is 19.1. The average Bonchev–Trinajstić information content (AvgIpc) is 3.06. The first-order chi connectivity index (χ1) is 10.2. The summed E-state index contributed by atoms with van der Waals surface area (Å²) in [5, 5.41) is 6.63. The van der Waals surface area contributed by atoms with Crippen LogP contribution in [0.2, 0.25) is 0 Å². The highest BCUT2D eigenvalue weighted by Crippen LogP contribution is 2.32. The monoisotopic (exact) mass is 281 g/mol. The van der Waals surface area contributed by atoms with Crippen molar-refractivity contribution in [3.63, 3.8) is 0 Å². The number of anilines is 1. The third-order valence-electron chi connectivity index (χ3n) is 3.57. The SMILES string of the molecule is O=C1c2ccccc2C(=O)N1c1ccc2[nH]ncc2c1F. The number of aromatic amines is 1. The molecule has 5 nitrogen and oxygen atoms in total. The van der Waals surface area contributed by atoms with Crippen molar-refractivity contribution in [2.45, 2.75) is 0 Å². The van der Waals surface area contributed by atoms with Crippen molar-refractivity contribution in [3.8, 4) is 0 Å². The van der Waals surface area contributed by atoms with Crippen LogP contribution in [-0.4, -0.2) is 22.0 Å². The number of benzene rings is 2. The number of amides is 2. The summed E-state index contributed by atoms with van der Waals surface area (Å²) in [6.07, 6.45) is 1.33. The van der Waals surface area contributed by atoms with Crippen LogP contribution in [0.3, 0.4) is 0 Å². The minimum Gasteiger partial charge on any atom is -0.278 e. The van der Waals surface area contributed by atoms with Gasteiger partial charge in [0, 0.05) is 0 Å². The second kappa shape index (κ2) is 3.99. The molecule has 0 aliphatic carbocycles. The molecule has 0 radical (unpaired) electrons. The van der Waals surface area contributed by atoms with Crippen LogP contribution in [0.4, 0.5) is 10.1 Å². The number of hydrogen-bond acceptors (Lipinski definition) is 3. The summed E-state index contributed by atoms with van der Waals surface area (Å²) in [5.41, 5.74) is 1.02. The lowest BCUT2D eigenvalue weighted by Crippen LogP contribution is -2.30. The van der Waals surface area contributed by atoms with Crippen molar-refractivity contribution in [1.82, 2.24) is 10.2 Å². The number of halogens is 1. The van der Waals surface area contributed by atoms with Crippen LogP contribution in [-0.2, 0) is 0 Å². The zero-order valence-electron chi connectivity index (χ0n) is 10.6. The minimum absolute atomic E-state index is 0.0601. The highest BCUT2D eigenvalue weighted by molar-refractivity contribution is 6.34. The molecule has 6 heteroatoms. The number of carbonyl (C=O) groups excluding carboxylic acids is 2. The Hall–Kier alpha value is -3.02. The van der Waals surface area contributed by atoms with E-state index in [1.807, 2.05) is 0 Å². The molecule has 21 heavy (non-hydrogen) atoms. The van der Waals surface area contributed by atoms with E-state index in [1.54, 1.807) is 30.3 Å². The molecule has 3 aromatic rings. The minimum atomic E-state index is -0.643. The lowest BCUT2D eigenvalue weighted by molar-refractivity contribution is 0.0925. The van der Waals surface area contributed by atoms with Crippen molar-refractivity contribution in [2.24, 2.45) is 0 Å². The molecule has 0 saturated heterocycles. The van der Waals surface area contributed by atoms with Gasteiger partial charge in [0.1, 0.15) is 0 Å². The molecule has 4 rings (SSSR count). The molecule has 1 N–H and O–H groups in total. The molecule has 0 saturated carbocycles. The van der Waals surface area contributed by atoms with Gasteiger partial charge in [-0.3, -0.25) is 14.7 Å². The summed E-state index contributed by atoms with van der Waals surface area (Å²) in [5.74, 6) is -1.68. The first kappa shape index (κ1) is 11.8. The molecule has 1 aliphatic heterocycles. The number of carbonyl (C=O) groups is 2. The molecular weight excluding hydrogens is 273 g/mol. The summed E-state index contributed by atoms with van der Waals surface area (Å²) < 4.78 is 14.5. The van der Waals surface area contributed by atoms with E-state index < -0.39 is 17.6 Å². The van der Waals surface area contributed by atoms with Crippen LogP contribution in [0.25, 0.3) is 10.9 Å². The van der Waals surface area contributed by atoms with Crippen molar-refractivity contribution < 1.29 is 14.0 Å². The molecule has 0 bridgehead atoms. The van der Waals surface area contributed by atoms with Gasteiger partial charge in [0.2, 0.25) is 0 Å². The van der Waals surface area contributed by atoms with Crippen LogP contribution >= 0.6 is 0 Å². The molecule has 1 aliphatic rings. The van der Waals surface area contributed by atoms with Crippen LogP contribution in [0.15, 0.2) is 42.6 Å². The number of rotatable bonds is 1. The number of hydrogen-bond donors (Lipinski definition) is 1. The lowest BCUT2D eigenvalue weighted by Gasteiger charge is -2.14. The van der Waals surface area contributed by atoms with Crippen molar-refractivity contribution in [3.05, 3.63) is 59.5 Å². The molecule has 2 aromatic carbocycles. The quantitative estimate of drug-likeness (QED) is 0.697. The molecule has 2 amide bonds. The second-order valence-corrected chi connectivity index (χ2v) is 4.72. The fourth-order valence-corrected chi connectivity index (χ4v) is 2.55. The lowest BCUT2D eigenvalue weighted by atomic mass is 10.1. The van der Waals surface area contributed by atoms with Gasteiger partial charge in [0.25, 0.3) is 11.8 Å². The Kier molecular flexibility index (Phi) is 2.24. The summed E-state index contributed by atoms with van der Waals surface area (Å²) >= 11 is 0. The van der Waals surface area contributed by atoms with E-state index in [0.717, 1.165) is 4.90 Å². The number of nitrogens with one attached hydrogen (secondary N) is 1. The molecule has 0 unspecified atom stereocenters. The van der Waals surface area contributed by atoms with Crippen LogP contribution < -0.4 is 4.90 Å². The number of imide groups is 1. The zero-order chi connectivity index (χ0) is 14.6. The van der Waals surface area contributed by atoms with E-state index in [4.69, 9.17) is 0 Å². The maximum absolute atomic E-state index is 14.5. The Morgan fingerprint density at radius 3 is 2.33 bits per heavy atom.